The van der Waals surface area contributed by atoms with Gasteiger partial charge in [-0.15, -0.1) is 0 Å². The number of hydrogen-bond donors (Lipinski definition) is 2. The minimum atomic E-state index is -0.364. The van der Waals surface area contributed by atoms with Gasteiger partial charge in [0.25, 0.3) is 5.91 Å². The first-order valence-corrected chi connectivity index (χ1v) is 6.33. The van der Waals surface area contributed by atoms with Crippen LogP contribution in [0.15, 0.2) is 24.5 Å². The lowest BCUT2D eigenvalue weighted by Crippen LogP contribution is -2.18. The number of aryl methyl sites for hydroxylation is 3. The number of carbonyl (C=O) groups is 1. The van der Waals surface area contributed by atoms with E-state index in [-0.39, 0.29) is 23.9 Å². The number of rotatable bonds is 3. The average molecular weight is 271 g/mol. The molecule has 0 fully saturated rings. The fourth-order valence-electron chi connectivity index (χ4n) is 2.22. The molecule has 2 aromatic rings. The van der Waals surface area contributed by atoms with Crippen molar-refractivity contribution in [1.82, 2.24) is 9.97 Å². The standard InChI is InChI=1S/C15H17N3O2/c1-9-6-10(2)13(11(3)7-9)18-15(20)14-12(8-19)16-4-5-17-14/h4-7,19H,8H2,1-3H3,(H,18,20). The third-order valence-corrected chi connectivity index (χ3v) is 3.05. The molecule has 1 amide bonds. The Kier molecular flexibility index (Phi) is 4.10. The second-order valence-electron chi connectivity index (χ2n) is 4.74. The molecule has 0 bridgehead atoms. The Morgan fingerprint density at radius 1 is 1.15 bits per heavy atom. The minimum Gasteiger partial charge on any atom is -0.390 e. The van der Waals surface area contributed by atoms with Crippen LogP contribution in [0, 0.1) is 20.8 Å². The van der Waals surface area contributed by atoms with Gasteiger partial charge in [-0.25, -0.2) is 4.98 Å². The molecule has 0 atom stereocenters. The SMILES string of the molecule is Cc1cc(C)c(NC(=O)c2nccnc2CO)c(C)c1. The number of nitrogens with zero attached hydrogens (tertiary/aromatic N) is 2. The van der Waals surface area contributed by atoms with E-state index in [1.54, 1.807) is 0 Å². The summed E-state index contributed by atoms with van der Waals surface area (Å²) in [7, 11) is 0. The van der Waals surface area contributed by atoms with Gasteiger partial charge >= 0.3 is 0 Å². The Hall–Kier alpha value is -2.27. The summed E-state index contributed by atoms with van der Waals surface area (Å²) < 4.78 is 0. The molecule has 0 saturated heterocycles. The third-order valence-electron chi connectivity index (χ3n) is 3.05. The van der Waals surface area contributed by atoms with Gasteiger partial charge in [0, 0.05) is 18.1 Å². The van der Waals surface area contributed by atoms with Crippen molar-refractivity contribution in [3.05, 3.63) is 52.6 Å². The van der Waals surface area contributed by atoms with Crippen molar-refractivity contribution in [3.8, 4) is 0 Å². The van der Waals surface area contributed by atoms with E-state index in [2.05, 4.69) is 15.3 Å². The molecule has 0 aliphatic rings. The molecule has 5 heteroatoms. The number of aliphatic hydroxyl groups is 1. The number of amides is 1. The monoisotopic (exact) mass is 271 g/mol. The smallest absolute Gasteiger partial charge is 0.276 e. The van der Waals surface area contributed by atoms with Crippen LogP contribution in [-0.4, -0.2) is 21.0 Å². The van der Waals surface area contributed by atoms with Gasteiger partial charge in [-0.1, -0.05) is 17.7 Å². The van der Waals surface area contributed by atoms with Gasteiger partial charge in [-0.05, 0) is 31.9 Å². The van der Waals surface area contributed by atoms with Crippen LogP contribution in [0.5, 0.6) is 0 Å². The lowest BCUT2D eigenvalue weighted by Gasteiger charge is -2.13. The van der Waals surface area contributed by atoms with Crippen LogP contribution < -0.4 is 5.32 Å². The van der Waals surface area contributed by atoms with Gasteiger partial charge in [0.05, 0.1) is 12.3 Å². The van der Waals surface area contributed by atoms with Crippen LogP contribution in [0.25, 0.3) is 0 Å². The van der Waals surface area contributed by atoms with Crippen LogP contribution in [0.3, 0.4) is 0 Å². The van der Waals surface area contributed by atoms with E-state index < -0.39 is 0 Å². The van der Waals surface area contributed by atoms with Gasteiger partial charge in [-0.3, -0.25) is 9.78 Å². The Labute approximate surface area is 117 Å². The number of carbonyl (C=O) groups excluding carboxylic acids is 1. The topological polar surface area (TPSA) is 75.1 Å². The highest BCUT2D eigenvalue weighted by Gasteiger charge is 2.15. The third kappa shape index (κ3) is 2.83. The Morgan fingerprint density at radius 2 is 1.75 bits per heavy atom. The van der Waals surface area contributed by atoms with E-state index in [4.69, 9.17) is 0 Å². The Balaban J connectivity index is 2.33. The molecule has 0 saturated carbocycles. The highest BCUT2D eigenvalue weighted by molar-refractivity contribution is 6.04. The van der Waals surface area contributed by atoms with E-state index in [1.807, 2.05) is 32.9 Å². The van der Waals surface area contributed by atoms with Crippen molar-refractivity contribution in [2.24, 2.45) is 0 Å². The van der Waals surface area contributed by atoms with Gasteiger partial charge in [0.2, 0.25) is 0 Å². The van der Waals surface area contributed by atoms with Crippen molar-refractivity contribution in [2.75, 3.05) is 5.32 Å². The zero-order valence-corrected chi connectivity index (χ0v) is 11.8. The van der Waals surface area contributed by atoms with E-state index >= 15 is 0 Å². The quantitative estimate of drug-likeness (QED) is 0.897. The maximum atomic E-state index is 12.3. The van der Waals surface area contributed by atoms with Crippen molar-refractivity contribution in [1.29, 1.82) is 0 Å². The summed E-state index contributed by atoms with van der Waals surface area (Å²) in [6, 6.07) is 4.01. The normalized spacial score (nSPS) is 10.4. The molecule has 0 aliphatic carbocycles. The zero-order chi connectivity index (χ0) is 14.7. The molecular weight excluding hydrogens is 254 g/mol. The van der Waals surface area contributed by atoms with Crippen molar-refractivity contribution in [2.45, 2.75) is 27.4 Å². The van der Waals surface area contributed by atoms with Crippen LogP contribution >= 0.6 is 0 Å². The summed E-state index contributed by atoms with van der Waals surface area (Å²) in [5.74, 6) is -0.364. The lowest BCUT2D eigenvalue weighted by atomic mass is 10.0. The molecule has 1 aromatic carbocycles. The van der Waals surface area contributed by atoms with Gasteiger partial charge in [0.1, 0.15) is 0 Å². The highest BCUT2D eigenvalue weighted by Crippen LogP contribution is 2.22. The van der Waals surface area contributed by atoms with Crippen LogP contribution in [0.1, 0.15) is 32.9 Å². The first kappa shape index (κ1) is 14.1. The van der Waals surface area contributed by atoms with E-state index in [1.165, 1.54) is 12.4 Å². The molecule has 104 valence electrons. The van der Waals surface area contributed by atoms with E-state index in [0.717, 1.165) is 22.4 Å². The van der Waals surface area contributed by atoms with Crippen molar-refractivity contribution in [3.63, 3.8) is 0 Å². The van der Waals surface area contributed by atoms with Crippen LogP contribution in [0.4, 0.5) is 5.69 Å². The molecule has 1 aromatic heterocycles. The summed E-state index contributed by atoms with van der Waals surface area (Å²) in [6.45, 7) is 5.58. The predicted octanol–water partition coefficient (Wildman–Crippen LogP) is 2.15. The van der Waals surface area contributed by atoms with E-state index in [0.29, 0.717) is 0 Å². The second-order valence-corrected chi connectivity index (χ2v) is 4.74. The summed E-state index contributed by atoms with van der Waals surface area (Å²) in [5.41, 5.74) is 4.32. The first-order chi connectivity index (χ1) is 9.52. The highest BCUT2D eigenvalue weighted by atomic mass is 16.3. The molecule has 0 aliphatic heterocycles. The van der Waals surface area contributed by atoms with Gasteiger partial charge in [-0.2, -0.15) is 0 Å². The maximum Gasteiger partial charge on any atom is 0.276 e. The second kappa shape index (κ2) is 5.79. The minimum absolute atomic E-state index is 0.148. The van der Waals surface area contributed by atoms with E-state index in [9.17, 15) is 9.90 Å². The van der Waals surface area contributed by atoms with Gasteiger partial charge in [0.15, 0.2) is 5.69 Å². The number of hydrogen-bond acceptors (Lipinski definition) is 4. The molecule has 2 rings (SSSR count). The Morgan fingerprint density at radius 3 is 2.35 bits per heavy atom. The summed E-state index contributed by atoms with van der Waals surface area (Å²) in [5, 5.41) is 12.0. The summed E-state index contributed by atoms with van der Waals surface area (Å²) >= 11 is 0. The summed E-state index contributed by atoms with van der Waals surface area (Å²) in [4.78, 5) is 20.2. The van der Waals surface area contributed by atoms with Crippen LogP contribution in [-0.2, 0) is 6.61 Å². The molecule has 1 heterocycles. The molecule has 2 N–H and O–H groups in total. The Bertz CT molecular complexity index is 630. The molecule has 0 radical (unpaired) electrons. The van der Waals surface area contributed by atoms with Crippen molar-refractivity contribution >= 4 is 11.6 Å². The van der Waals surface area contributed by atoms with Gasteiger partial charge < -0.3 is 10.4 Å². The van der Waals surface area contributed by atoms with Crippen molar-refractivity contribution < 1.29 is 9.90 Å². The molecule has 0 spiro atoms. The molecule has 20 heavy (non-hydrogen) atoms. The number of aromatic nitrogens is 2. The number of aliphatic hydroxyl groups excluding tert-OH is 1. The number of nitrogens with one attached hydrogen (secondary N) is 1. The lowest BCUT2D eigenvalue weighted by molar-refractivity contribution is 0.101. The fourth-order valence-corrected chi connectivity index (χ4v) is 2.22. The average Bonchev–Trinajstić information content (AvgIpc) is 2.42. The summed E-state index contributed by atoms with van der Waals surface area (Å²) in [6.07, 6.45) is 2.88. The first-order valence-electron chi connectivity index (χ1n) is 6.33. The van der Waals surface area contributed by atoms with Crippen LogP contribution in [0.2, 0.25) is 0 Å². The number of anilines is 1. The zero-order valence-electron chi connectivity index (χ0n) is 11.8. The fraction of sp³-hybridized carbons (Fsp3) is 0.267. The molecule has 5 nitrogen and oxygen atoms in total. The molecular formula is C15H17N3O2. The predicted molar refractivity (Wildman–Crippen MR) is 76.6 cm³/mol. The molecule has 0 unspecified atom stereocenters. The maximum absolute atomic E-state index is 12.3. The number of benzene rings is 1. The largest absolute Gasteiger partial charge is 0.390 e.